The first-order valence-corrected chi connectivity index (χ1v) is 18.9. The topological polar surface area (TPSA) is 417 Å². The van der Waals surface area contributed by atoms with Gasteiger partial charge in [0.05, 0.1) is 48.9 Å². The van der Waals surface area contributed by atoms with E-state index in [0.717, 1.165) is 6.92 Å². The predicted octanol–water partition coefficient (Wildman–Crippen LogP) is -2.05. The van der Waals surface area contributed by atoms with Crippen molar-refractivity contribution in [3.05, 3.63) is 52.1 Å². The molecule has 334 valence electrons. The summed E-state index contributed by atoms with van der Waals surface area (Å²) in [5.74, 6) is -8.91. The van der Waals surface area contributed by atoms with Crippen LogP contribution < -0.4 is 48.9 Å². The van der Waals surface area contributed by atoms with Crippen LogP contribution in [0, 0.1) is 5.41 Å². The Morgan fingerprint density at radius 2 is 1.47 bits per heavy atom. The van der Waals surface area contributed by atoms with Crippen LogP contribution in [0.2, 0.25) is 0 Å². The van der Waals surface area contributed by atoms with Crippen LogP contribution in [0.4, 0.5) is 11.6 Å². The normalized spacial score (nSPS) is 13.1. The second kappa shape index (κ2) is 22.2. The lowest BCUT2D eigenvalue weighted by atomic mass is 9.92. The smallest absolute Gasteiger partial charge is 0.326 e. The number of carboxylic acid groups (broad SMARTS) is 3. The lowest BCUT2D eigenvalue weighted by molar-refractivity contribution is -0.142. The molecule has 3 amide bonds. The fraction of sp³-hybridized carbons (Fsp3) is 0.432. The van der Waals surface area contributed by atoms with E-state index in [4.69, 9.17) is 22.0 Å². The number of guanidine groups is 1. The number of carbonyl (C=O) groups is 8. The number of aromatic amines is 1. The Hall–Kier alpha value is -7.57. The van der Waals surface area contributed by atoms with Crippen molar-refractivity contribution in [3.8, 4) is 0 Å². The number of aromatic nitrogens is 4. The number of fused-ring (bicyclic) bond motifs is 1. The van der Waals surface area contributed by atoms with Gasteiger partial charge in [-0.3, -0.25) is 54.1 Å². The van der Waals surface area contributed by atoms with Gasteiger partial charge in [0.15, 0.2) is 28.7 Å². The average molecular weight is 868 g/mol. The highest BCUT2D eigenvalue weighted by Gasteiger charge is 2.36. The number of anilines is 2. The number of H-pyrrole nitrogens is 1. The van der Waals surface area contributed by atoms with Crippen molar-refractivity contribution < 1.29 is 53.7 Å². The molecule has 2 heterocycles. The average Bonchev–Trinajstić information content (AvgIpc) is 3.18. The monoisotopic (exact) mass is 867 g/mol. The summed E-state index contributed by atoms with van der Waals surface area (Å²) in [7, 11) is 0. The first-order chi connectivity index (χ1) is 29.1. The molecule has 0 fully saturated rings. The lowest BCUT2D eigenvalue weighted by Gasteiger charge is -2.31. The number of carboxylic acids is 3. The molecule has 2 aromatic heterocycles. The van der Waals surface area contributed by atoms with E-state index in [1.807, 2.05) is 0 Å². The Morgan fingerprint density at radius 3 is 2.06 bits per heavy atom. The zero-order chi connectivity index (χ0) is 46.3. The van der Waals surface area contributed by atoms with Crippen molar-refractivity contribution in [1.29, 1.82) is 5.41 Å². The summed E-state index contributed by atoms with van der Waals surface area (Å²) in [5.41, 5.74) is 9.67. The molecule has 0 saturated carbocycles. The van der Waals surface area contributed by atoms with E-state index in [0.29, 0.717) is 11.4 Å². The van der Waals surface area contributed by atoms with Crippen LogP contribution >= 0.6 is 0 Å². The largest absolute Gasteiger partial charge is 0.481 e. The van der Waals surface area contributed by atoms with Crippen LogP contribution in [-0.4, -0.2) is 125 Å². The van der Waals surface area contributed by atoms with Crippen molar-refractivity contribution in [1.82, 2.24) is 46.5 Å². The molecule has 0 bridgehead atoms. The minimum atomic E-state index is -1.67. The van der Waals surface area contributed by atoms with E-state index in [9.17, 15) is 53.4 Å². The summed E-state index contributed by atoms with van der Waals surface area (Å²) >= 11 is 0. The highest BCUT2D eigenvalue weighted by Crippen LogP contribution is 2.16. The first kappa shape index (κ1) is 48.8. The van der Waals surface area contributed by atoms with Gasteiger partial charge in [0.25, 0.3) is 11.5 Å². The zero-order valence-electron chi connectivity index (χ0n) is 33.9. The minimum absolute atomic E-state index is 0.00548. The molecule has 3 rings (SSSR count). The number of nitrogens with two attached hydrogens (primary N) is 2. The second-order valence-electron chi connectivity index (χ2n) is 14.5. The zero-order valence-corrected chi connectivity index (χ0v) is 33.9. The molecule has 4 atom stereocenters. The molecule has 15 N–H and O–H groups in total. The standard InChI is InChI=1S/C37H49N13O12/c1-17(51)23(13-26(53)54)47-31(58)21(5-4-12-41-35(38)39)45-32(59)24(14-27(55)56)50-37(2,3)25(52)11-10-22(34(61)62)46-30(57)18-6-8-19(9-7-18)42-15-20-16-43-29-28(44-20)33(60)49-36(40)48-29/h6-9,16,21-24,42,50H,4-5,10-15H2,1-3H3,(H,45,59)(H,46,57)(H,47,58)(H,53,54)(H,55,56)(H,61,62)(H4,38,39,41)(H3,40,43,48,49,60)/t21-,22-,23-,24-/m0/s1. The second-order valence-corrected chi connectivity index (χ2v) is 14.5. The van der Waals surface area contributed by atoms with Crippen molar-refractivity contribution in [2.45, 2.75) is 95.5 Å². The van der Waals surface area contributed by atoms with Gasteiger partial charge in [-0.2, -0.15) is 4.98 Å². The van der Waals surface area contributed by atoms with Crippen molar-refractivity contribution in [2.24, 2.45) is 5.73 Å². The Bertz CT molecular complexity index is 2250. The van der Waals surface area contributed by atoms with Gasteiger partial charge in [0.2, 0.25) is 17.8 Å². The van der Waals surface area contributed by atoms with E-state index < -0.39 is 108 Å². The molecule has 25 nitrogen and oxygen atoms in total. The van der Waals surface area contributed by atoms with Gasteiger partial charge in [-0.15, -0.1) is 0 Å². The van der Waals surface area contributed by atoms with E-state index in [2.05, 4.69) is 51.8 Å². The molecule has 0 aliphatic heterocycles. The van der Waals surface area contributed by atoms with Gasteiger partial charge < -0.3 is 53.4 Å². The molecular weight excluding hydrogens is 818 g/mol. The number of hydrogen-bond donors (Lipinski definition) is 13. The SMILES string of the molecule is CC(=O)[C@H](CC(=O)O)NC(=O)[C@H](CCCNC(=N)N)NC(=O)[C@H](CC(=O)O)NC(C)(C)C(=O)CC[C@H](NC(=O)c1ccc(NCc2cnc3nc(N)[nH]c(=O)c3n2)cc1)C(=O)O. The van der Waals surface area contributed by atoms with Crippen LogP contribution in [0.5, 0.6) is 0 Å². The molecule has 0 radical (unpaired) electrons. The van der Waals surface area contributed by atoms with E-state index in [1.165, 1.54) is 32.2 Å². The number of amides is 3. The lowest BCUT2D eigenvalue weighted by Crippen LogP contribution is -2.60. The maximum atomic E-state index is 13.5. The van der Waals surface area contributed by atoms with Gasteiger partial charge in [-0.05, 0) is 64.3 Å². The number of Topliss-reactive ketones (excluding diaryl/α,β-unsaturated/α-hetero) is 2. The quantitative estimate of drug-likeness (QED) is 0.0247. The number of aliphatic carboxylic acids is 3. The first-order valence-electron chi connectivity index (χ1n) is 18.9. The summed E-state index contributed by atoms with van der Waals surface area (Å²) in [5, 5.41) is 51.2. The van der Waals surface area contributed by atoms with Gasteiger partial charge >= 0.3 is 17.9 Å². The Morgan fingerprint density at radius 1 is 0.855 bits per heavy atom. The van der Waals surface area contributed by atoms with Crippen molar-refractivity contribution in [3.63, 3.8) is 0 Å². The van der Waals surface area contributed by atoms with Crippen LogP contribution in [-0.2, 0) is 40.1 Å². The Labute approximate surface area is 352 Å². The highest BCUT2D eigenvalue weighted by molar-refractivity contribution is 5.98. The number of hydrogen-bond acceptors (Lipinski definition) is 16. The Kier molecular flexibility index (Phi) is 17.4. The van der Waals surface area contributed by atoms with E-state index in [-0.39, 0.29) is 54.6 Å². The van der Waals surface area contributed by atoms with Crippen LogP contribution in [0.25, 0.3) is 11.2 Å². The van der Waals surface area contributed by atoms with Crippen molar-refractivity contribution >= 4 is 76.0 Å². The molecule has 0 saturated heterocycles. The van der Waals surface area contributed by atoms with E-state index in [1.54, 1.807) is 12.1 Å². The Balaban J connectivity index is 1.64. The molecule has 1 aromatic carbocycles. The minimum Gasteiger partial charge on any atom is -0.481 e. The van der Waals surface area contributed by atoms with Crippen LogP contribution in [0.1, 0.15) is 75.3 Å². The summed E-state index contributed by atoms with van der Waals surface area (Å²) in [6.07, 6.45) is -1.11. The predicted molar refractivity (Wildman–Crippen MR) is 218 cm³/mol. The maximum Gasteiger partial charge on any atom is 0.326 e. The fourth-order valence-electron chi connectivity index (χ4n) is 5.79. The fourth-order valence-corrected chi connectivity index (χ4v) is 5.79. The van der Waals surface area contributed by atoms with Crippen LogP contribution in [0.15, 0.2) is 35.3 Å². The van der Waals surface area contributed by atoms with Gasteiger partial charge in [-0.1, -0.05) is 0 Å². The molecule has 0 aliphatic rings. The van der Waals surface area contributed by atoms with E-state index >= 15 is 0 Å². The third-order valence-corrected chi connectivity index (χ3v) is 9.10. The number of nitrogens with one attached hydrogen (secondary N) is 8. The van der Waals surface area contributed by atoms with Gasteiger partial charge in [0, 0.05) is 24.2 Å². The molecule has 25 heteroatoms. The number of nitrogens with zero attached hydrogens (tertiary/aromatic N) is 3. The number of carbonyl (C=O) groups excluding carboxylic acids is 5. The molecule has 0 aliphatic carbocycles. The summed E-state index contributed by atoms with van der Waals surface area (Å²) < 4.78 is 0. The summed E-state index contributed by atoms with van der Waals surface area (Å²) in [4.78, 5) is 127. The third kappa shape index (κ3) is 15.2. The maximum absolute atomic E-state index is 13.5. The molecule has 0 spiro atoms. The third-order valence-electron chi connectivity index (χ3n) is 9.10. The van der Waals surface area contributed by atoms with Gasteiger partial charge in [0.1, 0.15) is 12.1 Å². The summed E-state index contributed by atoms with van der Waals surface area (Å²) in [6.45, 7) is 3.91. The van der Waals surface area contributed by atoms with Crippen molar-refractivity contribution in [2.75, 3.05) is 17.6 Å². The number of ketones is 2. The number of benzene rings is 1. The van der Waals surface area contributed by atoms with Crippen LogP contribution in [0.3, 0.4) is 0 Å². The highest BCUT2D eigenvalue weighted by atomic mass is 16.4. The van der Waals surface area contributed by atoms with Gasteiger partial charge in [-0.25, -0.2) is 14.8 Å². The molecule has 0 unspecified atom stereocenters. The summed E-state index contributed by atoms with van der Waals surface area (Å²) in [6, 6.07) is -0.156. The molecule has 3 aromatic rings. The molecule has 62 heavy (non-hydrogen) atoms. The number of rotatable bonds is 25. The molecular formula is C37H49N13O12. The number of nitrogen functional groups attached to an aromatic ring is 1.